The third-order valence-electron chi connectivity index (χ3n) is 6.29. The summed E-state index contributed by atoms with van der Waals surface area (Å²) in [6, 6.07) is 13.5. The molecule has 1 saturated heterocycles. The van der Waals surface area contributed by atoms with Crippen molar-refractivity contribution in [3.8, 4) is 11.5 Å². The van der Waals surface area contributed by atoms with E-state index >= 15 is 0 Å². The highest BCUT2D eigenvalue weighted by molar-refractivity contribution is 6.30. The molecule has 0 saturated carbocycles. The molecule has 2 aliphatic rings. The Labute approximate surface area is 201 Å². The predicted octanol–water partition coefficient (Wildman–Crippen LogP) is 3.77. The van der Waals surface area contributed by atoms with Gasteiger partial charge in [0.2, 0.25) is 6.79 Å². The fourth-order valence-electron chi connectivity index (χ4n) is 4.81. The molecule has 0 unspecified atom stereocenters. The molecule has 3 heterocycles. The van der Waals surface area contributed by atoms with Crippen molar-refractivity contribution in [2.24, 2.45) is 5.92 Å². The van der Waals surface area contributed by atoms with Crippen LogP contribution in [-0.2, 0) is 19.1 Å². The minimum absolute atomic E-state index is 0.132. The van der Waals surface area contributed by atoms with E-state index in [4.69, 9.17) is 30.5 Å². The quantitative estimate of drug-likeness (QED) is 0.433. The molecule has 2 aromatic carbocycles. The molecule has 1 N–H and O–H groups in total. The van der Waals surface area contributed by atoms with Gasteiger partial charge >= 0.3 is 11.9 Å². The summed E-state index contributed by atoms with van der Waals surface area (Å²) in [6.07, 6.45) is 0. The second kappa shape index (κ2) is 9.12. The van der Waals surface area contributed by atoms with Crippen molar-refractivity contribution in [3.05, 3.63) is 64.8 Å². The van der Waals surface area contributed by atoms with E-state index in [1.54, 1.807) is 13.0 Å². The number of nitrogens with zero attached hydrogens (tertiary/aromatic N) is 1. The molecule has 9 heteroatoms. The normalized spacial score (nSPS) is 23.1. The van der Waals surface area contributed by atoms with Gasteiger partial charge in [-0.1, -0.05) is 41.9 Å². The fourth-order valence-corrected chi connectivity index (χ4v) is 5.08. The number of fused-ring (bicyclic) bond motifs is 2. The molecule has 2 aliphatic heterocycles. The number of rotatable bonds is 5. The maximum atomic E-state index is 13.3. The summed E-state index contributed by atoms with van der Waals surface area (Å²) in [5.74, 6) is -1.15. The molecular formula is C25H23ClN2O6. The van der Waals surface area contributed by atoms with Crippen LogP contribution in [0.2, 0.25) is 5.15 Å². The number of nitrogens with one attached hydrogen (secondary N) is 1. The van der Waals surface area contributed by atoms with Crippen LogP contribution in [0.15, 0.2) is 48.5 Å². The van der Waals surface area contributed by atoms with Crippen molar-refractivity contribution >= 4 is 34.4 Å². The van der Waals surface area contributed by atoms with E-state index in [2.05, 4.69) is 10.3 Å². The van der Waals surface area contributed by atoms with Gasteiger partial charge in [-0.05, 0) is 30.2 Å². The highest BCUT2D eigenvalue weighted by atomic mass is 35.5. The number of ether oxygens (including phenoxy) is 4. The Hall–Kier alpha value is -3.36. The van der Waals surface area contributed by atoms with Crippen molar-refractivity contribution in [2.75, 3.05) is 20.5 Å². The highest BCUT2D eigenvalue weighted by Gasteiger charge is 2.52. The molecule has 5 rings (SSSR count). The number of carbonyl (C=O) groups excluding carboxylic acids is 2. The molecule has 1 fully saturated rings. The van der Waals surface area contributed by atoms with Gasteiger partial charge in [0.15, 0.2) is 11.5 Å². The summed E-state index contributed by atoms with van der Waals surface area (Å²) in [5.41, 5.74) is 2.02. The van der Waals surface area contributed by atoms with E-state index in [1.165, 1.54) is 7.11 Å². The summed E-state index contributed by atoms with van der Waals surface area (Å²) in [5, 5.41) is 4.24. The first-order chi connectivity index (χ1) is 16.5. The van der Waals surface area contributed by atoms with Crippen LogP contribution in [0, 0.1) is 5.92 Å². The number of esters is 2. The molecule has 0 aliphatic carbocycles. The molecule has 0 spiro atoms. The first kappa shape index (κ1) is 22.4. The first-order valence-corrected chi connectivity index (χ1v) is 11.3. The zero-order valence-corrected chi connectivity index (χ0v) is 19.4. The van der Waals surface area contributed by atoms with Crippen LogP contribution in [-0.4, -0.2) is 43.5 Å². The Bertz CT molecular complexity index is 1250. The summed E-state index contributed by atoms with van der Waals surface area (Å²) in [4.78, 5) is 30.7. The standard InChI is InChI=1S/C25H23ClN2O6/c1-3-32-24(29)20-19(22(25(30)31-2)28-21(20)13-7-5-4-6-8-13)15-9-14-10-17-18(34-12-33-17)11-16(14)27-23(15)26/h4-11,19-22,28H,3,12H2,1-2H3/t19-,20-,21-,22-/m0/s1. The van der Waals surface area contributed by atoms with E-state index < -0.39 is 35.9 Å². The lowest BCUT2D eigenvalue weighted by Gasteiger charge is -2.24. The van der Waals surface area contributed by atoms with Gasteiger partial charge in [-0.25, -0.2) is 4.98 Å². The van der Waals surface area contributed by atoms with Crippen molar-refractivity contribution < 1.29 is 28.5 Å². The molecular weight excluding hydrogens is 460 g/mol. The lowest BCUT2D eigenvalue weighted by atomic mass is 9.80. The van der Waals surface area contributed by atoms with Gasteiger partial charge in [0.05, 0.1) is 25.2 Å². The highest BCUT2D eigenvalue weighted by Crippen LogP contribution is 2.47. The third kappa shape index (κ3) is 3.82. The SMILES string of the molecule is CCOC(=O)[C@H]1[C@H](c2cc3cc4c(cc3nc2Cl)OCO4)[C@@H](C(=O)OC)N[C@H]1c1ccccc1. The smallest absolute Gasteiger partial charge is 0.323 e. The average Bonchev–Trinajstić information content (AvgIpc) is 3.47. The number of carbonyl (C=O) groups is 2. The first-order valence-electron chi connectivity index (χ1n) is 11.0. The monoisotopic (exact) mass is 482 g/mol. The van der Waals surface area contributed by atoms with Gasteiger partial charge in [0, 0.05) is 23.4 Å². The largest absolute Gasteiger partial charge is 0.468 e. The van der Waals surface area contributed by atoms with Gasteiger partial charge < -0.3 is 18.9 Å². The lowest BCUT2D eigenvalue weighted by molar-refractivity contribution is -0.149. The Morgan fingerprint density at radius 2 is 1.85 bits per heavy atom. The van der Waals surface area contributed by atoms with Gasteiger partial charge in [0.25, 0.3) is 0 Å². The summed E-state index contributed by atoms with van der Waals surface area (Å²) >= 11 is 6.67. The molecule has 0 amide bonds. The molecule has 0 bridgehead atoms. The number of pyridine rings is 1. The Kier molecular flexibility index (Phi) is 6.02. The summed E-state index contributed by atoms with van der Waals surface area (Å²) < 4.78 is 21.5. The number of aromatic nitrogens is 1. The second-order valence-electron chi connectivity index (χ2n) is 8.13. The number of hydrogen-bond acceptors (Lipinski definition) is 8. The molecule has 1 aromatic heterocycles. The van der Waals surface area contributed by atoms with E-state index in [-0.39, 0.29) is 18.6 Å². The average molecular weight is 483 g/mol. The van der Waals surface area contributed by atoms with Gasteiger partial charge in [-0.2, -0.15) is 0 Å². The Balaban J connectivity index is 1.67. The third-order valence-corrected chi connectivity index (χ3v) is 6.59. The maximum Gasteiger partial charge on any atom is 0.323 e. The van der Waals surface area contributed by atoms with Crippen molar-refractivity contribution in [1.82, 2.24) is 10.3 Å². The molecule has 4 atom stereocenters. The van der Waals surface area contributed by atoms with Crippen LogP contribution in [0.1, 0.15) is 30.0 Å². The molecule has 3 aromatic rings. The molecule has 0 radical (unpaired) electrons. The zero-order chi connectivity index (χ0) is 23.8. The maximum absolute atomic E-state index is 13.3. The molecule has 34 heavy (non-hydrogen) atoms. The predicted molar refractivity (Wildman–Crippen MR) is 124 cm³/mol. The van der Waals surface area contributed by atoms with Crippen LogP contribution in [0.4, 0.5) is 0 Å². The number of halogens is 1. The van der Waals surface area contributed by atoms with Crippen LogP contribution < -0.4 is 14.8 Å². The minimum atomic E-state index is -0.838. The molecule has 176 valence electrons. The molecule has 8 nitrogen and oxygen atoms in total. The van der Waals surface area contributed by atoms with E-state index in [1.807, 2.05) is 42.5 Å². The van der Waals surface area contributed by atoms with E-state index in [9.17, 15) is 9.59 Å². The topological polar surface area (TPSA) is 96.0 Å². The van der Waals surface area contributed by atoms with Crippen LogP contribution in [0.3, 0.4) is 0 Å². The number of benzene rings is 2. The van der Waals surface area contributed by atoms with Crippen LogP contribution in [0.25, 0.3) is 10.9 Å². The van der Waals surface area contributed by atoms with E-state index in [0.29, 0.717) is 22.6 Å². The van der Waals surface area contributed by atoms with Crippen molar-refractivity contribution in [1.29, 1.82) is 0 Å². The van der Waals surface area contributed by atoms with Gasteiger partial charge in [0.1, 0.15) is 11.2 Å². The van der Waals surface area contributed by atoms with E-state index in [0.717, 1.165) is 10.9 Å². The van der Waals surface area contributed by atoms with Gasteiger partial charge in [-0.15, -0.1) is 0 Å². The van der Waals surface area contributed by atoms with Crippen molar-refractivity contribution in [2.45, 2.75) is 24.9 Å². The number of hydrogen-bond donors (Lipinski definition) is 1. The van der Waals surface area contributed by atoms with Crippen LogP contribution >= 0.6 is 11.6 Å². The Morgan fingerprint density at radius 1 is 1.12 bits per heavy atom. The lowest BCUT2D eigenvalue weighted by Crippen LogP contribution is -2.37. The van der Waals surface area contributed by atoms with Crippen LogP contribution in [0.5, 0.6) is 11.5 Å². The number of methoxy groups -OCH3 is 1. The van der Waals surface area contributed by atoms with Gasteiger partial charge in [-0.3, -0.25) is 14.9 Å². The minimum Gasteiger partial charge on any atom is -0.468 e. The van der Waals surface area contributed by atoms with Crippen molar-refractivity contribution in [3.63, 3.8) is 0 Å². The Morgan fingerprint density at radius 3 is 2.56 bits per heavy atom. The summed E-state index contributed by atoms with van der Waals surface area (Å²) in [7, 11) is 1.32. The second-order valence-corrected chi connectivity index (χ2v) is 8.48. The zero-order valence-electron chi connectivity index (χ0n) is 18.6. The fraction of sp³-hybridized carbons (Fsp3) is 0.320. The summed E-state index contributed by atoms with van der Waals surface area (Å²) in [6.45, 7) is 2.09.